The van der Waals surface area contributed by atoms with E-state index in [2.05, 4.69) is 0 Å². The molecule has 0 radical (unpaired) electrons. The molecule has 2 saturated heterocycles. The second-order valence-corrected chi connectivity index (χ2v) is 10.7. The molecule has 2 aromatic rings. The van der Waals surface area contributed by atoms with Crippen LogP contribution in [0.3, 0.4) is 0 Å². The van der Waals surface area contributed by atoms with Crippen LogP contribution in [0.15, 0.2) is 60.2 Å². The van der Waals surface area contributed by atoms with Crippen molar-refractivity contribution in [2.75, 3.05) is 12.0 Å². The summed E-state index contributed by atoms with van der Waals surface area (Å²) in [6.45, 7) is 1.73. The lowest BCUT2D eigenvalue weighted by atomic mass is 9.51. The highest BCUT2D eigenvalue weighted by Gasteiger charge is 2.68. The molecule has 6 rings (SSSR count). The van der Waals surface area contributed by atoms with E-state index in [1.807, 2.05) is 6.08 Å². The molecule has 10 heteroatoms. The van der Waals surface area contributed by atoms with Crippen molar-refractivity contribution in [3.63, 3.8) is 0 Å². The first-order valence-corrected chi connectivity index (χ1v) is 12.8. The largest absolute Gasteiger partial charge is 0.504 e. The normalized spacial score (nSPS) is 31.5. The Morgan fingerprint density at radius 3 is 2.38 bits per heavy atom. The number of ether oxygens (including phenoxy) is 1. The Labute approximate surface area is 224 Å². The van der Waals surface area contributed by atoms with Crippen molar-refractivity contribution >= 4 is 35.3 Å². The van der Waals surface area contributed by atoms with Gasteiger partial charge in [0.2, 0.25) is 23.6 Å². The minimum atomic E-state index is -1.30. The quantitative estimate of drug-likeness (QED) is 0.459. The van der Waals surface area contributed by atoms with Crippen molar-refractivity contribution in [3.8, 4) is 11.5 Å². The maximum Gasteiger partial charge on any atom is 0.328 e. The van der Waals surface area contributed by atoms with E-state index in [0.29, 0.717) is 21.7 Å². The third-order valence-corrected chi connectivity index (χ3v) is 9.07. The fraction of sp³-hybridized carbons (Fsp3) is 0.345. The van der Waals surface area contributed by atoms with Gasteiger partial charge >= 0.3 is 6.03 Å². The molecule has 200 valence electrons. The first kappa shape index (κ1) is 24.8. The number of phenolic OH excluding ortho intramolecular Hbond substituents is 1. The molecule has 10 nitrogen and oxygen atoms in total. The number of anilines is 1. The zero-order valence-electron chi connectivity index (χ0n) is 21.4. The topological polar surface area (TPSA) is 147 Å². The highest BCUT2D eigenvalue weighted by Crippen LogP contribution is 2.64. The van der Waals surface area contributed by atoms with Gasteiger partial charge in [0.25, 0.3) is 0 Å². The van der Waals surface area contributed by atoms with Gasteiger partial charge in [0.05, 0.1) is 36.0 Å². The second kappa shape index (κ2) is 8.52. The van der Waals surface area contributed by atoms with Crippen LogP contribution >= 0.6 is 0 Å². The molecular weight excluding hydrogens is 502 g/mol. The van der Waals surface area contributed by atoms with Gasteiger partial charge in [0, 0.05) is 11.5 Å². The van der Waals surface area contributed by atoms with Crippen LogP contribution in [0.2, 0.25) is 0 Å². The third-order valence-electron chi connectivity index (χ3n) is 9.07. The molecule has 2 heterocycles. The number of aromatic hydroxyl groups is 1. The Hall–Kier alpha value is -4.47. The molecule has 6 amide bonds. The molecule has 39 heavy (non-hydrogen) atoms. The molecule has 0 bridgehead atoms. The first-order chi connectivity index (χ1) is 18.6. The SMILES string of the molecule is COc1cccc([C@H]2C3=CC[C@@H]4C(=O)N(C(N)=O)C(=O)[C@@H]4[C@@H]3C[C@H]3C(=O)N(c4ccccc4)C(=O)[C@@]23C)c1O. The molecule has 0 spiro atoms. The average Bonchev–Trinajstić information content (AvgIpc) is 3.29. The number of phenols is 1. The number of nitrogens with two attached hydrogens (primary N) is 1. The highest BCUT2D eigenvalue weighted by molar-refractivity contribution is 6.24. The van der Waals surface area contributed by atoms with E-state index in [1.165, 1.54) is 12.0 Å². The molecule has 2 aromatic carbocycles. The van der Waals surface area contributed by atoms with Crippen molar-refractivity contribution < 1.29 is 33.8 Å². The number of nitrogens with zero attached hydrogens (tertiary/aromatic N) is 2. The number of amides is 6. The molecule has 0 unspecified atom stereocenters. The van der Waals surface area contributed by atoms with Crippen LogP contribution in [-0.2, 0) is 19.2 Å². The van der Waals surface area contributed by atoms with E-state index < -0.39 is 64.7 Å². The number of likely N-dealkylation sites (tertiary alicyclic amines) is 1. The second-order valence-electron chi connectivity index (χ2n) is 10.7. The van der Waals surface area contributed by atoms with E-state index in [-0.39, 0.29) is 24.3 Å². The zero-order chi connectivity index (χ0) is 27.8. The minimum absolute atomic E-state index is 0.129. The van der Waals surface area contributed by atoms with E-state index in [9.17, 15) is 29.1 Å². The van der Waals surface area contributed by atoms with Crippen molar-refractivity contribution in [1.82, 2.24) is 4.90 Å². The predicted molar refractivity (Wildman–Crippen MR) is 137 cm³/mol. The summed E-state index contributed by atoms with van der Waals surface area (Å²) in [6.07, 6.45) is 2.12. The Morgan fingerprint density at radius 1 is 1.00 bits per heavy atom. The molecular formula is C29H27N3O7. The average molecular weight is 530 g/mol. The maximum absolute atomic E-state index is 14.3. The predicted octanol–water partition coefficient (Wildman–Crippen LogP) is 2.71. The van der Waals surface area contributed by atoms with Gasteiger partial charge in [0.15, 0.2) is 11.5 Å². The lowest BCUT2D eigenvalue weighted by Crippen LogP contribution is -2.49. The van der Waals surface area contributed by atoms with Gasteiger partial charge in [-0.25, -0.2) is 9.69 Å². The number of hydrogen-bond donors (Lipinski definition) is 2. The van der Waals surface area contributed by atoms with Crippen LogP contribution in [0, 0.1) is 29.1 Å². The Kier molecular flexibility index (Phi) is 5.43. The fourth-order valence-corrected chi connectivity index (χ4v) is 7.34. The van der Waals surface area contributed by atoms with Crippen LogP contribution in [-0.4, -0.2) is 46.8 Å². The molecule has 3 fully saturated rings. The smallest absolute Gasteiger partial charge is 0.328 e. The number of methoxy groups -OCH3 is 1. The number of urea groups is 1. The molecule has 2 aliphatic heterocycles. The van der Waals surface area contributed by atoms with Crippen LogP contribution < -0.4 is 15.4 Å². The number of benzene rings is 2. The maximum atomic E-state index is 14.3. The van der Waals surface area contributed by atoms with Crippen molar-refractivity contribution in [2.45, 2.75) is 25.7 Å². The number of carbonyl (C=O) groups excluding carboxylic acids is 5. The monoisotopic (exact) mass is 529 g/mol. The lowest BCUT2D eigenvalue weighted by Gasteiger charge is -2.49. The highest BCUT2D eigenvalue weighted by atomic mass is 16.5. The molecule has 1 saturated carbocycles. The van der Waals surface area contributed by atoms with Gasteiger partial charge in [-0.15, -0.1) is 0 Å². The standard InChI is InChI=1S/C29H27N3O7/c1-29-19(25(35)31(27(29)37)14-7-4-3-5-8-14)13-18-15(22(29)17-9-6-10-20(39-2)23(17)33)11-12-16-21(18)26(36)32(24(16)34)28(30)38/h3-11,16,18-19,21-22,33H,12-13H2,1-2H3,(H2,30,38)/t16-,18+,19-,21-,22+,29+/m0/s1. The number of fused-ring (bicyclic) bond motifs is 4. The van der Waals surface area contributed by atoms with Gasteiger partial charge in [-0.05, 0) is 43.9 Å². The van der Waals surface area contributed by atoms with Crippen molar-refractivity contribution in [1.29, 1.82) is 0 Å². The van der Waals surface area contributed by atoms with Crippen molar-refractivity contribution in [3.05, 3.63) is 65.7 Å². The molecule has 3 N–H and O–H groups in total. The minimum Gasteiger partial charge on any atom is -0.504 e. The summed E-state index contributed by atoms with van der Waals surface area (Å²) in [5.41, 5.74) is 5.57. The number of rotatable bonds is 3. The number of primary amides is 1. The Bertz CT molecular complexity index is 1480. The van der Waals surface area contributed by atoms with Crippen LogP contribution in [0.4, 0.5) is 10.5 Å². The molecule has 6 atom stereocenters. The van der Waals surface area contributed by atoms with Crippen LogP contribution in [0.5, 0.6) is 11.5 Å². The van der Waals surface area contributed by atoms with E-state index in [4.69, 9.17) is 10.5 Å². The van der Waals surface area contributed by atoms with E-state index >= 15 is 0 Å². The molecule has 0 aromatic heterocycles. The van der Waals surface area contributed by atoms with Gasteiger partial charge in [-0.2, -0.15) is 4.90 Å². The zero-order valence-corrected chi connectivity index (χ0v) is 21.4. The molecule has 2 aliphatic carbocycles. The number of para-hydroxylation sites is 2. The summed E-state index contributed by atoms with van der Waals surface area (Å²) in [5.74, 6) is -6.10. The van der Waals surface area contributed by atoms with Crippen LogP contribution in [0.25, 0.3) is 0 Å². The molecule has 4 aliphatic rings. The number of carbonyl (C=O) groups is 5. The van der Waals surface area contributed by atoms with E-state index in [0.717, 1.165) is 0 Å². The fourth-order valence-electron chi connectivity index (χ4n) is 7.34. The Balaban J connectivity index is 1.56. The summed E-state index contributed by atoms with van der Waals surface area (Å²) >= 11 is 0. The first-order valence-electron chi connectivity index (χ1n) is 12.8. The van der Waals surface area contributed by atoms with Crippen LogP contribution in [0.1, 0.15) is 31.2 Å². The Morgan fingerprint density at radius 2 is 1.72 bits per heavy atom. The summed E-state index contributed by atoms with van der Waals surface area (Å²) in [5, 5.41) is 11.2. The number of imide groups is 4. The van der Waals surface area contributed by atoms with Gasteiger partial charge in [0.1, 0.15) is 0 Å². The number of allylic oxidation sites excluding steroid dienone is 2. The van der Waals surface area contributed by atoms with Crippen molar-refractivity contribution in [2.24, 2.45) is 34.8 Å². The number of hydrogen-bond acceptors (Lipinski definition) is 7. The van der Waals surface area contributed by atoms with Gasteiger partial charge in [-0.1, -0.05) is 42.0 Å². The van der Waals surface area contributed by atoms with E-state index in [1.54, 1.807) is 55.5 Å². The summed E-state index contributed by atoms with van der Waals surface area (Å²) in [6, 6.07) is 12.4. The summed E-state index contributed by atoms with van der Waals surface area (Å²) in [7, 11) is 1.42. The summed E-state index contributed by atoms with van der Waals surface area (Å²) < 4.78 is 5.35. The third kappa shape index (κ3) is 3.17. The van der Waals surface area contributed by atoms with Gasteiger partial charge in [-0.3, -0.25) is 19.2 Å². The van der Waals surface area contributed by atoms with Gasteiger partial charge < -0.3 is 15.6 Å². The lowest BCUT2D eigenvalue weighted by molar-refractivity contribution is -0.136. The summed E-state index contributed by atoms with van der Waals surface area (Å²) in [4.78, 5) is 68.3.